The molecule has 0 amide bonds. The van der Waals surface area contributed by atoms with E-state index in [0.29, 0.717) is 6.61 Å². The number of methoxy groups -OCH3 is 1. The maximum Gasteiger partial charge on any atom is 0.323 e. The van der Waals surface area contributed by atoms with Crippen molar-refractivity contribution in [2.24, 2.45) is 5.92 Å². The summed E-state index contributed by atoms with van der Waals surface area (Å²) in [5.74, 6) is 0.643. The van der Waals surface area contributed by atoms with E-state index in [0.717, 1.165) is 41.0 Å². The fourth-order valence-electron chi connectivity index (χ4n) is 5.16. The predicted octanol–water partition coefficient (Wildman–Crippen LogP) is 7.70. The Balaban J connectivity index is 1.44. The number of esters is 1. The zero-order valence-electron chi connectivity index (χ0n) is 20.9. The van der Waals surface area contributed by atoms with Gasteiger partial charge in [-0.1, -0.05) is 120 Å². The van der Waals surface area contributed by atoms with E-state index in [9.17, 15) is 4.79 Å². The van der Waals surface area contributed by atoms with Crippen molar-refractivity contribution in [2.75, 3.05) is 20.3 Å². The molecule has 0 unspecified atom stereocenters. The highest BCUT2D eigenvalue weighted by molar-refractivity contribution is 5.98. The lowest BCUT2D eigenvalue weighted by Crippen LogP contribution is -2.41. The number of carbonyl (C=O) groups is 1. The van der Waals surface area contributed by atoms with Crippen molar-refractivity contribution in [2.45, 2.75) is 83.5 Å². The van der Waals surface area contributed by atoms with Crippen LogP contribution in [0.15, 0.2) is 48.5 Å². The minimum atomic E-state index is -0.877. The monoisotopic (exact) mass is 450 g/mol. The third-order valence-corrected chi connectivity index (χ3v) is 6.93. The van der Waals surface area contributed by atoms with Crippen molar-refractivity contribution in [3.63, 3.8) is 0 Å². The fourth-order valence-corrected chi connectivity index (χ4v) is 5.16. The van der Waals surface area contributed by atoms with Crippen LogP contribution in [-0.2, 0) is 19.7 Å². The van der Waals surface area contributed by atoms with Gasteiger partial charge in [-0.25, -0.2) is 0 Å². The van der Waals surface area contributed by atoms with E-state index in [-0.39, 0.29) is 12.6 Å². The Morgan fingerprint density at radius 2 is 1.24 bits per heavy atom. The molecule has 3 heteroatoms. The summed E-state index contributed by atoms with van der Waals surface area (Å²) in [6.07, 6.45) is 12.7. The van der Waals surface area contributed by atoms with Gasteiger partial charge in [-0.2, -0.15) is 0 Å². The molecule has 2 aromatic rings. The van der Waals surface area contributed by atoms with Crippen molar-refractivity contribution in [3.8, 4) is 11.1 Å². The average molecular weight is 451 g/mol. The lowest BCUT2D eigenvalue weighted by molar-refractivity contribution is -0.151. The van der Waals surface area contributed by atoms with E-state index in [2.05, 4.69) is 26.0 Å². The molecule has 2 aromatic carbocycles. The van der Waals surface area contributed by atoms with Crippen LogP contribution in [0.4, 0.5) is 0 Å². The molecule has 0 saturated heterocycles. The van der Waals surface area contributed by atoms with Crippen molar-refractivity contribution < 1.29 is 14.3 Å². The van der Waals surface area contributed by atoms with Gasteiger partial charge < -0.3 is 9.47 Å². The molecule has 1 aliphatic rings. The van der Waals surface area contributed by atoms with Gasteiger partial charge in [-0.05, 0) is 34.6 Å². The summed E-state index contributed by atoms with van der Waals surface area (Å²) in [5.41, 5.74) is 3.31. The predicted molar refractivity (Wildman–Crippen MR) is 137 cm³/mol. The van der Waals surface area contributed by atoms with Crippen LogP contribution in [-0.4, -0.2) is 26.3 Å². The SMILES string of the molecule is COCC1(C(=O)OCCCCCCCCCCCC(C)C)c2ccccc2-c2ccccc21. The third kappa shape index (κ3) is 6.26. The number of hydrogen-bond acceptors (Lipinski definition) is 3. The molecule has 0 aromatic heterocycles. The molecular formula is C30H42O3. The number of fused-ring (bicyclic) bond motifs is 3. The molecule has 33 heavy (non-hydrogen) atoms. The molecule has 0 saturated carbocycles. The first-order valence-corrected chi connectivity index (χ1v) is 13.0. The van der Waals surface area contributed by atoms with E-state index in [1.807, 2.05) is 36.4 Å². The highest BCUT2D eigenvalue weighted by Gasteiger charge is 2.50. The highest BCUT2D eigenvalue weighted by atomic mass is 16.5. The summed E-state index contributed by atoms with van der Waals surface area (Å²) in [4.78, 5) is 13.5. The summed E-state index contributed by atoms with van der Waals surface area (Å²) in [6.45, 7) is 5.38. The standard InChI is InChI=1S/C30H42O3/c1-24(2)17-11-9-7-5-4-6-8-10-16-22-33-29(31)30(23-32-3)27-20-14-12-18-25(27)26-19-13-15-21-28(26)30/h12-15,18-21,24H,4-11,16-17,22-23H2,1-3H3. The van der Waals surface area contributed by atoms with Gasteiger partial charge in [0.05, 0.1) is 13.2 Å². The smallest absolute Gasteiger partial charge is 0.323 e. The normalized spacial score (nSPS) is 13.7. The Morgan fingerprint density at radius 1 is 0.758 bits per heavy atom. The van der Waals surface area contributed by atoms with E-state index < -0.39 is 5.41 Å². The summed E-state index contributed by atoms with van der Waals surface area (Å²) < 4.78 is 11.4. The Bertz CT molecular complexity index is 825. The van der Waals surface area contributed by atoms with Crippen molar-refractivity contribution in [1.29, 1.82) is 0 Å². The van der Waals surface area contributed by atoms with Gasteiger partial charge in [0.1, 0.15) is 5.41 Å². The number of unbranched alkanes of at least 4 members (excludes halogenated alkanes) is 8. The first-order chi connectivity index (χ1) is 16.1. The van der Waals surface area contributed by atoms with Crippen LogP contribution in [0.5, 0.6) is 0 Å². The van der Waals surface area contributed by atoms with Crippen molar-refractivity contribution in [3.05, 3.63) is 59.7 Å². The first-order valence-electron chi connectivity index (χ1n) is 13.0. The van der Waals surface area contributed by atoms with E-state index in [4.69, 9.17) is 9.47 Å². The van der Waals surface area contributed by atoms with Crippen LogP contribution in [0, 0.1) is 5.92 Å². The van der Waals surface area contributed by atoms with Crippen LogP contribution in [0.25, 0.3) is 11.1 Å². The number of carbonyl (C=O) groups excluding carboxylic acids is 1. The maximum absolute atomic E-state index is 13.5. The quantitative estimate of drug-likeness (QED) is 0.206. The molecule has 0 spiro atoms. The number of benzene rings is 2. The molecule has 3 nitrogen and oxygen atoms in total. The molecule has 0 bridgehead atoms. The summed E-state index contributed by atoms with van der Waals surface area (Å²) in [6, 6.07) is 16.3. The zero-order chi connectivity index (χ0) is 23.5. The number of rotatable bonds is 15. The molecule has 0 radical (unpaired) electrons. The zero-order valence-corrected chi connectivity index (χ0v) is 20.9. The molecule has 0 aliphatic heterocycles. The minimum absolute atomic E-state index is 0.192. The second kappa shape index (κ2) is 12.9. The van der Waals surface area contributed by atoms with Gasteiger partial charge in [0.15, 0.2) is 0 Å². The topological polar surface area (TPSA) is 35.5 Å². The van der Waals surface area contributed by atoms with Crippen molar-refractivity contribution in [1.82, 2.24) is 0 Å². The van der Waals surface area contributed by atoms with Crippen LogP contribution in [0.2, 0.25) is 0 Å². The van der Waals surface area contributed by atoms with E-state index >= 15 is 0 Å². The summed E-state index contributed by atoms with van der Waals surface area (Å²) >= 11 is 0. The maximum atomic E-state index is 13.5. The van der Waals surface area contributed by atoms with Gasteiger partial charge in [0, 0.05) is 7.11 Å². The van der Waals surface area contributed by atoms with Gasteiger partial charge in [0.25, 0.3) is 0 Å². The molecule has 0 fully saturated rings. The molecule has 1 aliphatic carbocycles. The Kier molecular flexibility index (Phi) is 9.99. The van der Waals surface area contributed by atoms with E-state index in [1.54, 1.807) is 7.11 Å². The molecule has 0 N–H and O–H groups in total. The minimum Gasteiger partial charge on any atom is -0.465 e. The molecular weight excluding hydrogens is 408 g/mol. The lowest BCUT2D eigenvalue weighted by Gasteiger charge is -2.29. The molecule has 3 rings (SSSR count). The van der Waals surface area contributed by atoms with Crippen LogP contribution < -0.4 is 0 Å². The highest BCUT2D eigenvalue weighted by Crippen LogP contribution is 2.49. The van der Waals surface area contributed by atoms with Gasteiger partial charge in [-0.15, -0.1) is 0 Å². The Morgan fingerprint density at radius 3 is 1.76 bits per heavy atom. The Labute approximate surface area is 200 Å². The van der Waals surface area contributed by atoms with E-state index in [1.165, 1.54) is 51.4 Å². The first kappa shape index (κ1) is 25.5. The molecule has 0 atom stereocenters. The second-order valence-electron chi connectivity index (χ2n) is 9.93. The Hall–Kier alpha value is -2.13. The number of ether oxygens (including phenoxy) is 2. The van der Waals surface area contributed by atoms with Crippen molar-refractivity contribution >= 4 is 5.97 Å². The fraction of sp³-hybridized carbons (Fsp3) is 0.567. The van der Waals surface area contributed by atoms with Gasteiger partial charge >= 0.3 is 5.97 Å². The lowest BCUT2D eigenvalue weighted by atomic mass is 9.79. The van der Waals surface area contributed by atoms with Crippen LogP contribution in [0.3, 0.4) is 0 Å². The second-order valence-corrected chi connectivity index (χ2v) is 9.93. The largest absolute Gasteiger partial charge is 0.465 e. The average Bonchev–Trinajstić information content (AvgIpc) is 3.11. The molecule has 0 heterocycles. The van der Waals surface area contributed by atoms with Crippen LogP contribution in [0.1, 0.15) is 89.2 Å². The molecule has 180 valence electrons. The summed E-state index contributed by atoms with van der Waals surface area (Å²) in [7, 11) is 1.66. The van der Waals surface area contributed by atoms with Crippen LogP contribution >= 0.6 is 0 Å². The number of hydrogen-bond donors (Lipinski definition) is 0. The van der Waals surface area contributed by atoms with Gasteiger partial charge in [-0.3, -0.25) is 4.79 Å². The van der Waals surface area contributed by atoms with Gasteiger partial charge in [0.2, 0.25) is 0 Å². The third-order valence-electron chi connectivity index (χ3n) is 6.93. The summed E-state index contributed by atoms with van der Waals surface area (Å²) in [5, 5.41) is 0.